The Balaban J connectivity index is 1.76. The molecule has 148 valence electrons. The number of amides is 1. The number of aromatic nitrogens is 3. The van der Waals surface area contributed by atoms with E-state index in [1.807, 2.05) is 0 Å². The average molecular weight is 441 g/mol. The van der Waals surface area contributed by atoms with Crippen molar-refractivity contribution in [2.75, 3.05) is 5.32 Å². The molecule has 5 nitrogen and oxygen atoms in total. The van der Waals surface area contributed by atoms with Crippen LogP contribution in [0.3, 0.4) is 0 Å². The van der Waals surface area contributed by atoms with E-state index in [0.717, 1.165) is 23.5 Å². The van der Waals surface area contributed by atoms with Gasteiger partial charge in [-0.15, -0.1) is 11.3 Å². The lowest BCUT2D eigenvalue weighted by atomic mass is 10.1. The Morgan fingerprint density at radius 2 is 1.97 bits per heavy atom. The van der Waals surface area contributed by atoms with E-state index < -0.39 is 23.5 Å². The molecule has 0 aliphatic rings. The standard InChI is InChI=1S/C18H9ClF4N4OS/c19-15-11-3-2-10(20)6-14(11)29-16(15)17(28)26-12-5-9(18(21,22)23)1-4-13(12)27-8-24-7-25-27/h1-8H,(H,26,28). The van der Waals surface area contributed by atoms with Crippen molar-refractivity contribution < 1.29 is 22.4 Å². The van der Waals surface area contributed by atoms with Crippen LogP contribution in [0.5, 0.6) is 0 Å². The number of carbonyl (C=O) groups excluding carboxylic acids is 1. The van der Waals surface area contributed by atoms with E-state index in [-0.39, 0.29) is 21.3 Å². The maximum atomic E-state index is 13.4. The van der Waals surface area contributed by atoms with E-state index in [9.17, 15) is 22.4 Å². The van der Waals surface area contributed by atoms with E-state index in [1.54, 1.807) is 0 Å². The number of hydrogen-bond acceptors (Lipinski definition) is 4. The fraction of sp³-hybridized carbons (Fsp3) is 0.0556. The molecule has 0 unspecified atom stereocenters. The number of anilines is 1. The molecule has 0 fully saturated rings. The molecule has 1 N–H and O–H groups in total. The maximum Gasteiger partial charge on any atom is 0.416 e. The minimum Gasteiger partial charge on any atom is -0.319 e. The summed E-state index contributed by atoms with van der Waals surface area (Å²) in [6.07, 6.45) is -2.11. The molecule has 0 spiro atoms. The topological polar surface area (TPSA) is 59.8 Å². The smallest absolute Gasteiger partial charge is 0.319 e. The molecule has 2 aromatic heterocycles. The van der Waals surface area contributed by atoms with Crippen molar-refractivity contribution in [1.29, 1.82) is 0 Å². The molecule has 0 aliphatic carbocycles. The van der Waals surface area contributed by atoms with Crippen LogP contribution in [0.4, 0.5) is 23.2 Å². The SMILES string of the molecule is O=C(Nc1cc(C(F)(F)F)ccc1-n1cncn1)c1sc2cc(F)ccc2c1Cl. The molecule has 0 aliphatic heterocycles. The Labute approximate surface area is 169 Å². The number of alkyl halides is 3. The zero-order valence-corrected chi connectivity index (χ0v) is 15.7. The Morgan fingerprint density at radius 3 is 2.66 bits per heavy atom. The van der Waals surface area contributed by atoms with E-state index in [1.165, 1.54) is 41.6 Å². The van der Waals surface area contributed by atoms with Gasteiger partial charge in [0.25, 0.3) is 5.91 Å². The summed E-state index contributed by atoms with van der Waals surface area (Å²) in [5.41, 5.74) is -0.886. The van der Waals surface area contributed by atoms with Gasteiger partial charge in [-0.3, -0.25) is 4.79 Å². The van der Waals surface area contributed by atoms with Crippen LogP contribution >= 0.6 is 22.9 Å². The number of benzene rings is 2. The van der Waals surface area contributed by atoms with Crippen LogP contribution < -0.4 is 5.32 Å². The average Bonchev–Trinajstić information content (AvgIpc) is 3.29. The van der Waals surface area contributed by atoms with Crippen LogP contribution in [0.2, 0.25) is 5.02 Å². The van der Waals surface area contributed by atoms with Crippen molar-refractivity contribution in [3.8, 4) is 5.69 Å². The van der Waals surface area contributed by atoms with E-state index in [0.29, 0.717) is 10.1 Å². The largest absolute Gasteiger partial charge is 0.416 e. The van der Waals surface area contributed by atoms with Crippen LogP contribution in [-0.2, 0) is 6.18 Å². The van der Waals surface area contributed by atoms with Gasteiger partial charge in [-0.1, -0.05) is 11.6 Å². The Bertz CT molecular complexity index is 1220. The maximum absolute atomic E-state index is 13.4. The molecular weight excluding hydrogens is 432 g/mol. The van der Waals surface area contributed by atoms with Gasteiger partial charge in [0.05, 0.1) is 22.0 Å². The molecule has 0 bridgehead atoms. The van der Waals surface area contributed by atoms with Crippen molar-refractivity contribution in [2.45, 2.75) is 6.18 Å². The number of fused-ring (bicyclic) bond motifs is 1. The van der Waals surface area contributed by atoms with Gasteiger partial charge in [0.15, 0.2) is 0 Å². The lowest BCUT2D eigenvalue weighted by Gasteiger charge is -2.14. The third-order valence-corrected chi connectivity index (χ3v) is 5.69. The van der Waals surface area contributed by atoms with Crippen molar-refractivity contribution >= 4 is 44.6 Å². The van der Waals surface area contributed by atoms with Gasteiger partial charge in [-0.05, 0) is 36.4 Å². The number of thiophene rings is 1. The van der Waals surface area contributed by atoms with Crippen molar-refractivity contribution in [3.63, 3.8) is 0 Å². The highest BCUT2D eigenvalue weighted by Crippen LogP contribution is 2.37. The summed E-state index contributed by atoms with van der Waals surface area (Å²) in [5, 5.41) is 6.91. The first-order valence-electron chi connectivity index (χ1n) is 7.99. The number of carbonyl (C=O) groups is 1. The Morgan fingerprint density at radius 1 is 1.17 bits per heavy atom. The molecule has 2 heterocycles. The number of rotatable bonds is 3. The van der Waals surface area contributed by atoms with Crippen LogP contribution in [0.1, 0.15) is 15.2 Å². The quantitative estimate of drug-likeness (QED) is 0.425. The predicted octanol–water partition coefficient (Wildman–Crippen LogP) is 5.55. The summed E-state index contributed by atoms with van der Waals surface area (Å²) >= 11 is 7.17. The summed E-state index contributed by atoms with van der Waals surface area (Å²) in [6, 6.07) is 6.73. The molecular formula is C18H9ClF4N4OS. The molecule has 1 amide bonds. The lowest BCUT2D eigenvalue weighted by molar-refractivity contribution is -0.137. The van der Waals surface area contributed by atoms with Crippen LogP contribution in [-0.4, -0.2) is 20.7 Å². The summed E-state index contributed by atoms with van der Waals surface area (Å²) in [5.74, 6) is -1.22. The van der Waals surface area contributed by atoms with Crippen LogP contribution in [0, 0.1) is 5.82 Å². The normalized spacial score (nSPS) is 11.8. The summed E-state index contributed by atoms with van der Waals surface area (Å²) < 4.78 is 54.5. The zero-order chi connectivity index (χ0) is 20.8. The van der Waals surface area contributed by atoms with Crippen molar-refractivity contribution in [3.05, 3.63) is 70.3 Å². The van der Waals surface area contributed by atoms with Crippen molar-refractivity contribution in [2.24, 2.45) is 0 Å². The molecule has 4 aromatic rings. The van der Waals surface area contributed by atoms with Crippen molar-refractivity contribution in [1.82, 2.24) is 14.8 Å². The second-order valence-corrected chi connectivity index (χ2v) is 7.34. The number of hydrogen-bond donors (Lipinski definition) is 1. The van der Waals surface area contributed by atoms with Gasteiger partial charge in [0, 0.05) is 10.1 Å². The first kappa shape index (κ1) is 19.3. The summed E-state index contributed by atoms with van der Waals surface area (Å²) in [7, 11) is 0. The highest BCUT2D eigenvalue weighted by molar-refractivity contribution is 7.21. The van der Waals surface area contributed by atoms with E-state index in [2.05, 4.69) is 15.4 Å². The molecule has 2 aromatic carbocycles. The molecule has 0 saturated carbocycles. The fourth-order valence-electron chi connectivity index (χ4n) is 2.71. The van der Waals surface area contributed by atoms with Gasteiger partial charge >= 0.3 is 6.18 Å². The van der Waals surface area contributed by atoms with Gasteiger partial charge in [-0.2, -0.15) is 18.3 Å². The summed E-state index contributed by atoms with van der Waals surface area (Å²) in [6.45, 7) is 0. The first-order chi connectivity index (χ1) is 13.7. The van der Waals surface area contributed by atoms with Gasteiger partial charge in [0.1, 0.15) is 23.3 Å². The molecule has 0 atom stereocenters. The number of nitrogens with zero attached hydrogens (tertiary/aromatic N) is 3. The highest BCUT2D eigenvalue weighted by atomic mass is 35.5. The minimum absolute atomic E-state index is 0.0502. The highest BCUT2D eigenvalue weighted by Gasteiger charge is 2.31. The van der Waals surface area contributed by atoms with Gasteiger partial charge in [0.2, 0.25) is 0 Å². The predicted molar refractivity (Wildman–Crippen MR) is 101 cm³/mol. The molecule has 29 heavy (non-hydrogen) atoms. The third kappa shape index (κ3) is 3.68. The van der Waals surface area contributed by atoms with Crippen LogP contribution in [0.15, 0.2) is 49.1 Å². The Hall–Kier alpha value is -2.98. The number of halogens is 5. The molecule has 0 saturated heterocycles. The second-order valence-electron chi connectivity index (χ2n) is 5.91. The van der Waals surface area contributed by atoms with E-state index in [4.69, 9.17) is 11.6 Å². The first-order valence-corrected chi connectivity index (χ1v) is 9.18. The third-order valence-electron chi connectivity index (χ3n) is 4.04. The summed E-state index contributed by atoms with van der Waals surface area (Å²) in [4.78, 5) is 16.6. The fourth-order valence-corrected chi connectivity index (χ4v) is 4.15. The number of nitrogens with one attached hydrogen (secondary N) is 1. The van der Waals surface area contributed by atoms with Crippen LogP contribution in [0.25, 0.3) is 15.8 Å². The molecule has 4 rings (SSSR count). The van der Waals surface area contributed by atoms with E-state index >= 15 is 0 Å². The molecule has 11 heteroatoms. The minimum atomic E-state index is -4.60. The lowest BCUT2D eigenvalue weighted by Crippen LogP contribution is -2.15. The van der Waals surface area contributed by atoms with Gasteiger partial charge in [-0.25, -0.2) is 14.1 Å². The zero-order valence-electron chi connectivity index (χ0n) is 14.2. The monoisotopic (exact) mass is 440 g/mol. The van der Waals surface area contributed by atoms with Gasteiger partial charge < -0.3 is 5.32 Å². The molecule has 0 radical (unpaired) electrons. The second kappa shape index (κ2) is 7.12. The Kier molecular flexibility index (Phi) is 4.75.